The molecule has 2 aliphatic heterocycles. The monoisotopic (exact) mass is 432 g/mol. The van der Waals surface area contributed by atoms with Crippen LogP contribution in [-0.2, 0) is 6.42 Å². The van der Waals surface area contributed by atoms with E-state index in [2.05, 4.69) is 10.2 Å². The summed E-state index contributed by atoms with van der Waals surface area (Å²) in [7, 11) is 7.16. The molecule has 0 aromatic heterocycles. The maximum Gasteiger partial charge on any atom is 0.260 e. The minimum absolute atomic E-state index is 0. The maximum atomic E-state index is 12.7. The summed E-state index contributed by atoms with van der Waals surface area (Å²) in [4.78, 5) is 14.8. The largest absolute Gasteiger partial charge is 0.493 e. The van der Waals surface area contributed by atoms with Gasteiger partial charge in [-0.1, -0.05) is 0 Å². The number of carbonyl (C=O) groups excluding carboxylic acids is 1. The fourth-order valence-corrected chi connectivity index (χ4v) is 3.59. The number of fused-ring (bicyclic) bond motifs is 2. The number of rotatable bonds is 6. The number of nitrogens with one attached hydrogen (secondary N) is 1. The topological polar surface area (TPSA) is 69.3 Å². The van der Waals surface area contributed by atoms with Gasteiger partial charge in [-0.25, -0.2) is 0 Å². The van der Waals surface area contributed by atoms with Gasteiger partial charge in [0, 0.05) is 17.8 Å². The van der Waals surface area contributed by atoms with Crippen LogP contribution in [-0.4, -0.2) is 52.5 Å². The molecule has 160 valence electrons. The van der Waals surface area contributed by atoms with E-state index in [1.165, 1.54) is 7.11 Å². The van der Waals surface area contributed by atoms with Crippen molar-refractivity contribution in [2.45, 2.75) is 6.42 Å². The number of nitrogens with zero attached hydrogens (tertiary/aromatic N) is 1. The van der Waals surface area contributed by atoms with Crippen molar-refractivity contribution in [2.75, 3.05) is 41.7 Å². The Hall–Kier alpha value is -2.90. The summed E-state index contributed by atoms with van der Waals surface area (Å²) in [6.45, 7) is 1.11. The van der Waals surface area contributed by atoms with Gasteiger partial charge in [-0.15, -0.1) is 12.4 Å². The number of hydrogen-bond donors (Lipinski definition) is 1. The second-order valence-electron chi connectivity index (χ2n) is 7.19. The third-order valence-corrected chi connectivity index (χ3v) is 5.07. The van der Waals surface area contributed by atoms with E-state index < -0.39 is 0 Å². The SMILES string of the molecule is COc1ccc2c(c1OC)C(=O)N/C2=C/c1cc2c(cc1CCN(C)C)OCO2.Cl. The molecule has 8 heteroatoms. The number of hydrogen-bond acceptors (Lipinski definition) is 6. The van der Waals surface area contributed by atoms with Crippen molar-refractivity contribution in [1.82, 2.24) is 10.2 Å². The Morgan fingerprint density at radius 3 is 2.53 bits per heavy atom. The zero-order valence-corrected chi connectivity index (χ0v) is 18.2. The number of carbonyl (C=O) groups is 1. The van der Waals surface area contributed by atoms with Gasteiger partial charge in [0.05, 0.1) is 19.8 Å². The molecule has 1 N–H and O–H groups in total. The van der Waals surface area contributed by atoms with Crippen LogP contribution >= 0.6 is 12.4 Å². The Bertz CT molecular complexity index is 1000. The van der Waals surface area contributed by atoms with Crippen LogP contribution in [0.4, 0.5) is 0 Å². The molecule has 0 saturated heterocycles. The zero-order chi connectivity index (χ0) is 20.5. The molecule has 0 unspecified atom stereocenters. The first kappa shape index (κ1) is 21.8. The zero-order valence-electron chi connectivity index (χ0n) is 17.4. The second kappa shape index (κ2) is 8.85. The highest BCUT2D eigenvalue weighted by Gasteiger charge is 2.30. The van der Waals surface area contributed by atoms with Gasteiger partial charge < -0.3 is 29.2 Å². The molecule has 2 heterocycles. The van der Waals surface area contributed by atoms with Crippen LogP contribution < -0.4 is 24.3 Å². The molecule has 1 amide bonds. The first-order valence-corrected chi connectivity index (χ1v) is 9.37. The molecule has 0 bridgehead atoms. The van der Waals surface area contributed by atoms with Crippen LogP contribution in [0.25, 0.3) is 11.8 Å². The highest BCUT2D eigenvalue weighted by atomic mass is 35.5. The lowest BCUT2D eigenvalue weighted by molar-refractivity contribution is 0.0977. The van der Waals surface area contributed by atoms with E-state index in [-0.39, 0.29) is 25.1 Å². The van der Waals surface area contributed by atoms with Gasteiger partial charge in [0.1, 0.15) is 0 Å². The minimum atomic E-state index is -0.211. The molecule has 0 fully saturated rings. The molecular formula is C22H25ClN2O5. The fraction of sp³-hybridized carbons (Fsp3) is 0.318. The van der Waals surface area contributed by atoms with Crippen LogP contribution in [0.2, 0.25) is 0 Å². The Balaban J connectivity index is 0.00000256. The van der Waals surface area contributed by atoms with Gasteiger partial charge in [0.15, 0.2) is 23.0 Å². The highest BCUT2D eigenvalue weighted by molar-refractivity contribution is 6.14. The second-order valence-corrected chi connectivity index (χ2v) is 7.19. The standard InChI is InChI=1S/C22H24N2O5.ClH/c1-24(2)8-7-13-10-18-19(29-12-28-18)11-14(13)9-16-15-5-6-17(26-3)21(27-4)20(15)22(25)23-16;/h5-6,9-11H,7-8,12H2,1-4H3,(H,23,25);1H/b16-9+;. The van der Waals surface area contributed by atoms with Gasteiger partial charge in [0.25, 0.3) is 5.91 Å². The Labute approximate surface area is 182 Å². The highest BCUT2D eigenvalue weighted by Crippen LogP contribution is 2.41. The molecule has 0 radical (unpaired) electrons. The van der Waals surface area contributed by atoms with E-state index in [0.29, 0.717) is 22.8 Å². The van der Waals surface area contributed by atoms with E-state index >= 15 is 0 Å². The Morgan fingerprint density at radius 1 is 1.13 bits per heavy atom. The van der Waals surface area contributed by atoms with Gasteiger partial charge >= 0.3 is 0 Å². The molecule has 0 spiro atoms. The van der Waals surface area contributed by atoms with Crippen molar-refractivity contribution >= 4 is 30.1 Å². The van der Waals surface area contributed by atoms with Crippen LogP contribution in [0.15, 0.2) is 24.3 Å². The number of benzene rings is 2. The average Bonchev–Trinajstić information content (AvgIpc) is 3.29. The summed E-state index contributed by atoms with van der Waals surface area (Å²) in [5.74, 6) is 2.21. The van der Waals surface area contributed by atoms with Gasteiger partial charge in [0.2, 0.25) is 6.79 Å². The van der Waals surface area contributed by atoms with Gasteiger partial charge in [-0.3, -0.25) is 4.79 Å². The van der Waals surface area contributed by atoms with Crippen molar-refractivity contribution in [3.63, 3.8) is 0 Å². The summed E-state index contributed by atoms with van der Waals surface area (Å²) in [5, 5.41) is 2.96. The van der Waals surface area contributed by atoms with E-state index in [0.717, 1.165) is 41.1 Å². The fourth-order valence-electron chi connectivity index (χ4n) is 3.59. The smallest absolute Gasteiger partial charge is 0.260 e. The number of likely N-dealkylation sites (N-methyl/N-ethyl adjacent to an activating group) is 1. The van der Waals surface area contributed by atoms with E-state index in [9.17, 15) is 4.79 Å². The molecule has 0 atom stereocenters. The molecule has 4 rings (SSSR count). The minimum Gasteiger partial charge on any atom is -0.493 e. The van der Waals surface area contributed by atoms with Crippen molar-refractivity contribution in [1.29, 1.82) is 0 Å². The normalized spacial score (nSPS) is 15.1. The van der Waals surface area contributed by atoms with Crippen molar-refractivity contribution in [3.8, 4) is 23.0 Å². The molecule has 2 aromatic rings. The number of methoxy groups -OCH3 is 2. The lowest BCUT2D eigenvalue weighted by Crippen LogP contribution is -2.15. The number of ether oxygens (including phenoxy) is 4. The molecule has 7 nitrogen and oxygen atoms in total. The number of amides is 1. The summed E-state index contributed by atoms with van der Waals surface area (Å²) < 4.78 is 21.9. The third-order valence-electron chi connectivity index (χ3n) is 5.07. The molecule has 2 aliphatic rings. The van der Waals surface area contributed by atoms with Crippen molar-refractivity contribution in [2.24, 2.45) is 0 Å². The van der Waals surface area contributed by atoms with Gasteiger partial charge in [-0.2, -0.15) is 0 Å². The van der Waals surface area contributed by atoms with Crippen LogP contribution in [0.5, 0.6) is 23.0 Å². The Kier molecular flexibility index (Phi) is 6.43. The maximum absolute atomic E-state index is 12.7. The third kappa shape index (κ3) is 3.91. The molecular weight excluding hydrogens is 408 g/mol. The average molecular weight is 433 g/mol. The quantitative estimate of drug-likeness (QED) is 0.756. The summed E-state index contributed by atoms with van der Waals surface area (Å²) in [6.07, 6.45) is 2.82. The van der Waals surface area contributed by atoms with Crippen LogP contribution in [0, 0.1) is 0 Å². The van der Waals surface area contributed by atoms with E-state index in [1.54, 1.807) is 13.2 Å². The molecule has 0 saturated carbocycles. The summed E-state index contributed by atoms with van der Waals surface area (Å²) >= 11 is 0. The van der Waals surface area contributed by atoms with Crippen LogP contribution in [0.3, 0.4) is 0 Å². The molecule has 2 aromatic carbocycles. The van der Waals surface area contributed by atoms with Crippen molar-refractivity contribution in [3.05, 3.63) is 46.5 Å². The Morgan fingerprint density at radius 2 is 1.87 bits per heavy atom. The first-order valence-electron chi connectivity index (χ1n) is 9.37. The predicted octanol–water partition coefficient (Wildman–Crippen LogP) is 3.20. The molecule has 0 aliphatic carbocycles. The predicted molar refractivity (Wildman–Crippen MR) is 117 cm³/mol. The number of halogens is 1. The lowest BCUT2D eigenvalue weighted by atomic mass is 9.99. The molecule has 30 heavy (non-hydrogen) atoms. The van der Waals surface area contributed by atoms with Crippen molar-refractivity contribution < 1.29 is 23.7 Å². The van der Waals surface area contributed by atoms with Gasteiger partial charge in [-0.05, 0) is 62.0 Å². The lowest BCUT2D eigenvalue weighted by Gasteiger charge is -2.13. The summed E-state index contributed by atoms with van der Waals surface area (Å²) in [6, 6.07) is 7.65. The first-order chi connectivity index (χ1) is 14.0. The van der Waals surface area contributed by atoms with E-state index in [4.69, 9.17) is 18.9 Å². The summed E-state index contributed by atoms with van der Waals surface area (Å²) in [5.41, 5.74) is 4.08. The van der Waals surface area contributed by atoms with Crippen LogP contribution in [0.1, 0.15) is 27.0 Å². The van der Waals surface area contributed by atoms with E-state index in [1.807, 2.05) is 38.4 Å².